The summed E-state index contributed by atoms with van der Waals surface area (Å²) in [5.41, 5.74) is 5.39. The fourth-order valence-electron chi connectivity index (χ4n) is 5.05. The number of aryl methyl sites for hydroxylation is 1. The van der Waals surface area contributed by atoms with Gasteiger partial charge in [0, 0.05) is 49.7 Å². The largest absolute Gasteiger partial charge is 0.496 e. The van der Waals surface area contributed by atoms with Crippen LogP contribution in [0.3, 0.4) is 0 Å². The Morgan fingerprint density at radius 3 is 2.68 bits per heavy atom. The number of fused-ring (bicyclic) bond motifs is 1. The van der Waals surface area contributed by atoms with Crippen molar-refractivity contribution in [3.8, 4) is 11.8 Å². The maximum atomic E-state index is 14.3. The van der Waals surface area contributed by atoms with Crippen molar-refractivity contribution in [2.24, 2.45) is 0 Å². The molecule has 1 atom stereocenters. The third-order valence-electron chi connectivity index (χ3n) is 6.85. The number of hydrogen-bond acceptors (Lipinski definition) is 9. The number of rotatable bonds is 7. The minimum Gasteiger partial charge on any atom is -0.496 e. The summed E-state index contributed by atoms with van der Waals surface area (Å²) in [6.45, 7) is 6.61. The molecule has 0 N–H and O–H groups in total. The SMILES string of the molecule is CCOc1nc(C)c2c(n1)N(Cc1cnc(C3=CCN(C)CC3)cc1OC)C(c1cncc(F)c1)N2C. The van der Waals surface area contributed by atoms with E-state index in [1.807, 2.05) is 33.2 Å². The molecule has 0 aromatic carbocycles. The smallest absolute Gasteiger partial charge is 0.318 e. The normalized spacial score (nSPS) is 17.6. The van der Waals surface area contributed by atoms with E-state index < -0.39 is 5.82 Å². The lowest BCUT2D eigenvalue weighted by atomic mass is 10.0. The molecule has 9 nitrogen and oxygen atoms in total. The highest BCUT2D eigenvalue weighted by molar-refractivity contribution is 5.77. The average Bonchev–Trinajstić information content (AvgIpc) is 3.16. The summed E-state index contributed by atoms with van der Waals surface area (Å²) in [5.74, 6) is 1.05. The minimum absolute atomic E-state index is 0.310. The molecular weight excluding hydrogens is 473 g/mol. The number of likely N-dealkylation sites (N-methyl/N-ethyl adjacent to an activating group) is 1. The third kappa shape index (κ3) is 4.81. The number of methoxy groups -OCH3 is 1. The van der Waals surface area contributed by atoms with Crippen LogP contribution in [0.1, 0.15) is 42.0 Å². The van der Waals surface area contributed by atoms with Crippen LogP contribution >= 0.6 is 0 Å². The molecule has 0 amide bonds. The van der Waals surface area contributed by atoms with Gasteiger partial charge < -0.3 is 24.2 Å². The zero-order chi connectivity index (χ0) is 26.1. The molecule has 37 heavy (non-hydrogen) atoms. The summed E-state index contributed by atoms with van der Waals surface area (Å²) in [6, 6.07) is 3.82. The molecule has 1 unspecified atom stereocenters. The standard InChI is InChI=1S/C27H32FN7O2/c1-6-37-27-31-17(2)24-25(32-27)35(26(34(24)4)19-11-21(28)15-29-13-19)16-20-14-30-22(12-23(20)36-5)18-7-9-33(3)10-8-18/h7,11-15,26H,6,8-10,16H2,1-5H3. The van der Waals surface area contributed by atoms with Gasteiger partial charge in [0.05, 0.1) is 37.8 Å². The first kappa shape index (κ1) is 24.9. The molecule has 0 saturated heterocycles. The Hall–Kier alpha value is -3.79. The second-order valence-electron chi connectivity index (χ2n) is 9.37. The molecule has 5 heterocycles. The Kier molecular flexibility index (Phi) is 6.92. The topological polar surface area (TPSA) is 79.7 Å². The van der Waals surface area contributed by atoms with Gasteiger partial charge >= 0.3 is 6.01 Å². The van der Waals surface area contributed by atoms with Gasteiger partial charge in [-0.25, -0.2) is 4.39 Å². The Labute approximate surface area is 216 Å². The van der Waals surface area contributed by atoms with Crippen molar-refractivity contribution in [1.82, 2.24) is 24.8 Å². The van der Waals surface area contributed by atoms with Crippen molar-refractivity contribution in [2.75, 3.05) is 50.7 Å². The summed E-state index contributed by atoms with van der Waals surface area (Å²) in [4.78, 5) is 24.6. The molecule has 10 heteroatoms. The first-order chi connectivity index (χ1) is 17.9. The lowest BCUT2D eigenvalue weighted by Crippen LogP contribution is -2.33. The van der Waals surface area contributed by atoms with Crippen LogP contribution < -0.4 is 19.3 Å². The van der Waals surface area contributed by atoms with E-state index in [0.29, 0.717) is 30.5 Å². The van der Waals surface area contributed by atoms with Crippen LogP contribution in [-0.2, 0) is 6.54 Å². The minimum atomic E-state index is -0.394. The molecule has 0 aliphatic carbocycles. The molecule has 0 spiro atoms. The Morgan fingerprint density at radius 1 is 1.14 bits per heavy atom. The highest BCUT2D eigenvalue weighted by Crippen LogP contribution is 2.47. The van der Waals surface area contributed by atoms with Gasteiger partial charge in [0.15, 0.2) is 5.82 Å². The summed E-state index contributed by atoms with van der Waals surface area (Å²) in [6.07, 6.45) is 7.56. The van der Waals surface area contributed by atoms with Crippen molar-refractivity contribution in [3.05, 3.63) is 65.1 Å². The van der Waals surface area contributed by atoms with Crippen molar-refractivity contribution in [3.63, 3.8) is 0 Å². The number of pyridine rings is 2. The van der Waals surface area contributed by atoms with E-state index in [-0.39, 0.29) is 6.17 Å². The van der Waals surface area contributed by atoms with E-state index in [0.717, 1.165) is 47.9 Å². The average molecular weight is 506 g/mol. The third-order valence-corrected chi connectivity index (χ3v) is 6.85. The Balaban J connectivity index is 1.56. The predicted molar refractivity (Wildman–Crippen MR) is 140 cm³/mol. The van der Waals surface area contributed by atoms with Crippen LogP contribution in [0.15, 0.2) is 36.8 Å². The van der Waals surface area contributed by atoms with Crippen LogP contribution in [0.5, 0.6) is 11.8 Å². The molecule has 0 saturated carbocycles. The van der Waals surface area contributed by atoms with E-state index in [2.05, 4.69) is 37.8 Å². The molecule has 2 aliphatic heterocycles. The fraction of sp³-hybridized carbons (Fsp3) is 0.407. The highest BCUT2D eigenvalue weighted by Gasteiger charge is 2.39. The van der Waals surface area contributed by atoms with E-state index in [1.54, 1.807) is 13.3 Å². The number of halogens is 1. The van der Waals surface area contributed by atoms with Crippen molar-refractivity contribution < 1.29 is 13.9 Å². The monoisotopic (exact) mass is 505 g/mol. The zero-order valence-electron chi connectivity index (χ0n) is 21.9. The van der Waals surface area contributed by atoms with Crippen molar-refractivity contribution in [1.29, 1.82) is 0 Å². The molecule has 5 rings (SSSR count). The van der Waals surface area contributed by atoms with Crippen molar-refractivity contribution >= 4 is 17.1 Å². The Morgan fingerprint density at radius 2 is 1.97 bits per heavy atom. The van der Waals surface area contributed by atoms with Gasteiger partial charge in [-0.3, -0.25) is 9.97 Å². The number of anilines is 2. The molecule has 0 bridgehead atoms. The van der Waals surface area contributed by atoms with Crippen LogP contribution in [0.25, 0.3) is 5.57 Å². The van der Waals surface area contributed by atoms with E-state index in [4.69, 9.17) is 19.4 Å². The van der Waals surface area contributed by atoms with Gasteiger partial charge in [0.1, 0.15) is 23.4 Å². The number of aromatic nitrogens is 4. The number of ether oxygens (including phenoxy) is 2. The molecule has 0 fully saturated rings. The molecule has 3 aromatic rings. The summed E-state index contributed by atoms with van der Waals surface area (Å²) < 4.78 is 25.7. The molecular formula is C27H32FN7O2. The van der Waals surface area contributed by atoms with Gasteiger partial charge in [-0.05, 0) is 39.0 Å². The molecule has 194 valence electrons. The highest BCUT2D eigenvalue weighted by atomic mass is 19.1. The van der Waals surface area contributed by atoms with Crippen LogP contribution in [0, 0.1) is 12.7 Å². The summed E-state index contributed by atoms with van der Waals surface area (Å²) in [7, 11) is 5.74. The van der Waals surface area contributed by atoms with E-state index >= 15 is 0 Å². The first-order valence-corrected chi connectivity index (χ1v) is 12.4. The summed E-state index contributed by atoms with van der Waals surface area (Å²) >= 11 is 0. The second-order valence-corrected chi connectivity index (χ2v) is 9.37. The zero-order valence-corrected chi connectivity index (χ0v) is 21.9. The van der Waals surface area contributed by atoms with Crippen LogP contribution in [0.4, 0.5) is 15.9 Å². The Bertz CT molecular complexity index is 1330. The predicted octanol–water partition coefficient (Wildman–Crippen LogP) is 4.00. The lowest BCUT2D eigenvalue weighted by molar-refractivity contribution is 0.312. The van der Waals surface area contributed by atoms with Crippen molar-refractivity contribution in [2.45, 2.75) is 33.0 Å². The van der Waals surface area contributed by atoms with Gasteiger partial charge in [-0.15, -0.1) is 0 Å². The molecule has 2 aliphatic rings. The maximum Gasteiger partial charge on any atom is 0.318 e. The second kappa shape index (κ2) is 10.3. The van der Waals surface area contributed by atoms with E-state index in [9.17, 15) is 4.39 Å². The van der Waals surface area contributed by atoms with Gasteiger partial charge in [-0.2, -0.15) is 9.97 Å². The number of hydrogen-bond donors (Lipinski definition) is 0. The first-order valence-electron chi connectivity index (χ1n) is 12.4. The quantitative estimate of drug-likeness (QED) is 0.473. The van der Waals surface area contributed by atoms with Gasteiger partial charge in [0.2, 0.25) is 0 Å². The van der Waals surface area contributed by atoms with Crippen LogP contribution in [0.2, 0.25) is 0 Å². The lowest BCUT2D eigenvalue weighted by Gasteiger charge is -2.31. The van der Waals surface area contributed by atoms with E-state index in [1.165, 1.54) is 17.8 Å². The maximum absolute atomic E-state index is 14.3. The molecule has 3 aromatic heterocycles. The fourth-order valence-corrected chi connectivity index (χ4v) is 5.05. The number of nitrogens with zero attached hydrogens (tertiary/aromatic N) is 7. The van der Waals surface area contributed by atoms with Crippen LogP contribution in [-0.4, -0.2) is 65.7 Å². The van der Waals surface area contributed by atoms with Gasteiger partial charge in [-0.1, -0.05) is 6.08 Å². The molecule has 0 radical (unpaired) electrons. The summed E-state index contributed by atoms with van der Waals surface area (Å²) in [5, 5.41) is 0. The van der Waals surface area contributed by atoms with Gasteiger partial charge in [0.25, 0.3) is 0 Å².